The van der Waals surface area contributed by atoms with Crippen molar-refractivity contribution >= 4 is 11.9 Å². The second-order valence-corrected chi connectivity index (χ2v) is 8.55. The fourth-order valence-corrected chi connectivity index (χ4v) is 5.62. The van der Waals surface area contributed by atoms with Crippen LogP contribution in [0.1, 0.15) is 40.5 Å². The van der Waals surface area contributed by atoms with Gasteiger partial charge in [0.2, 0.25) is 0 Å². The van der Waals surface area contributed by atoms with E-state index in [0.717, 1.165) is 18.4 Å². The first-order chi connectivity index (χ1) is 11.2. The third kappa shape index (κ3) is 1.59. The van der Waals surface area contributed by atoms with Crippen LogP contribution in [0.3, 0.4) is 0 Å². The molecule has 1 spiro atoms. The van der Waals surface area contributed by atoms with Gasteiger partial charge in [-0.3, -0.25) is 9.59 Å². The number of cyclic esters (lactones) is 1. The van der Waals surface area contributed by atoms with Crippen molar-refractivity contribution in [1.29, 1.82) is 0 Å². The molecule has 1 saturated heterocycles. The summed E-state index contributed by atoms with van der Waals surface area (Å²) in [4.78, 5) is 25.7. The summed E-state index contributed by atoms with van der Waals surface area (Å²) in [6.07, 6.45) is 7.46. The van der Waals surface area contributed by atoms with Gasteiger partial charge in [0.05, 0.1) is 5.92 Å². The first-order valence-corrected chi connectivity index (χ1v) is 8.65. The lowest BCUT2D eigenvalue weighted by molar-refractivity contribution is -0.232. The molecule has 1 saturated carbocycles. The lowest BCUT2D eigenvalue weighted by Crippen LogP contribution is -2.70. The van der Waals surface area contributed by atoms with Crippen LogP contribution in [0.2, 0.25) is 0 Å². The second-order valence-electron chi connectivity index (χ2n) is 8.55. The molecule has 0 aromatic rings. The number of carbonyl (C=O) groups is 2. The summed E-state index contributed by atoms with van der Waals surface area (Å²) < 4.78 is 11.7. The topological polar surface area (TPSA) is 52.6 Å². The highest BCUT2D eigenvalue weighted by Gasteiger charge is 2.72. The monoisotopic (exact) mass is 328 g/mol. The molecule has 2 bridgehead atoms. The van der Waals surface area contributed by atoms with E-state index in [1.165, 1.54) is 0 Å². The van der Waals surface area contributed by atoms with E-state index < -0.39 is 16.9 Å². The second kappa shape index (κ2) is 4.41. The van der Waals surface area contributed by atoms with Gasteiger partial charge in [0, 0.05) is 11.3 Å². The molecule has 2 aliphatic carbocycles. The van der Waals surface area contributed by atoms with Crippen molar-refractivity contribution in [3.05, 3.63) is 36.1 Å². The normalized spacial score (nSPS) is 45.2. The fourth-order valence-electron chi connectivity index (χ4n) is 5.62. The van der Waals surface area contributed by atoms with Crippen molar-refractivity contribution in [1.82, 2.24) is 0 Å². The van der Waals surface area contributed by atoms with Gasteiger partial charge in [-0.1, -0.05) is 32.9 Å². The molecule has 3 heterocycles. The van der Waals surface area contributed by atoms with E-state index >= 15 is 0 Å². The summed E-state index contributed by atoms with van der Waals surface area (Å²) in [5.74, 6) is -0.722. The molecular weight excluding hydrogens is 304 g/mol. The van der Waals surface area contributed by atoms with Gasteiger partial charge in [0.15, 0.2) is 5.60 Å². The van der Waals surface area contributed by atoms with E-state index in [2.05, 4.69) is 20.4 Å². The summed E-state index contributed by atoms with van der Waals surface area (Å²) in [6.45, 7) is 12.0. The van der Waals surface area contributed by atoms with Crippen LogP contribution in [-0.4, -0.2) is 17.5 Å². The van der Waals surface area contributed by atoms with Crippen LogP contribution in [0.5, 0.6) is 0 Å². The Morgan fingerprint density at radius 1 is 1.25 bits per heavy atom. The SMILES string of the molecule is C=C[C@@]1(C)CC[C@H]2C(C)(C)[C@@H]3C=C4C=C(C)OC(=O)[C@@H]1[C@@]42OC3=O. The molecule has 0 unspecified atom stereocenters. The van der Waals surface area contributed by atoms with Crippen molar-refractivity contribution in [2.45, 2.75) is 46.1 Å². The Morgan fingerprint density at radius 2 is 1.96 bits per heavy atom. The molecular formula is C20H24O4. The summed E-state index contributed by atoms with van der Waals surface area (Å²) in [5.41, 5.74) is -0.722. The van der Waals surface area contributed by atoms with Gasteiger partial charge >= 0.3 is 11.9 Å². The average Bonchev–Trinajstić information content (AvgIpc) is 2.58. The van der Waals surface area contributed by atoms with E-state index in [9.17, 15) is 9.59 Å². The molecule has 4 heteroatoms. The first kappa shape index (κ1) is 15.7. The van der Waals surface area contributed by atoms with E-state index in [-0.39, 0.29) is 29.2 Å². The molecule has 5 atom stereocenters. The standard InChI is InChI=1S/C20H24O4/c1-6-19(5)8-7-14-18(3,4)13-10-12-9-11(2)23-17(22)15(19)20(12,14)24-16(13)21/h6,9-10,13-15H,1,7-8H2,2-5H3/t13-,14+,15+,19+,20-/m1/s1. The third-order valence-electron chi connectivity index (χ3n) is 6.92. The lowest BCUT2D eigenvalue weighted by atomic mass is 9.44. The number of esters is 2. The Labute approximate surface area is 142 Å². The molecule has 4 nitrogen and oxygen atoms in total. The molecule has 2 fully saturated rings. The minimum absolute atomic E-state index is 0.0976. The quantitative estimate of drug-likeness (QED) is 0.546. The number of hydrogen-bond donors (Lipinski definition) is 0. The Morgan fingerprint density at radius 3 is 2.62 bits per heavy atom. The fraction of sp³-hybridized carbons (Fsp3) is 0.600. The first-order valence-electron chi connectivity index (χ1n) is 8.65. The van der Waals surface area contributed by atoms with Gasteiger partial charge in [-0.05, 0) is 36.8 Å². The van der Waals surface area contributed by atoms with Gasteiger partial charge in [-0.2, -0.15) is 0 Å². The maximum Gasteiger partial charge on any atom is 0.319 e. The zero-order valence-corrected chi connectivity index (χ0v) is 14.7. The van der Waals surface area contributed by atoms with Crippen LogP contribution in [0.4, 0.5) is 0 Å². The van der Waals surface area contributed by atoms with Crippen molar-refractivity contribution in [2.24, 2.45) is 28.6 Å². The summed E-state index contributed by atoms with van der Waals surface area (Å²) in [7, 11) is 0. The zero-order valence-electron chi connectivity index (χ0n) is 14.7. The smallest absolute Gasteiger partial charge is 0.319 e. The maximum atomic E-state index is 13.0. The molecule has 0 aromatic carbocycles. The molecule has 24 heavy (non-hydrogen) atoms. The molecule has 0 amide bonds. The van der Waals surface area contributed by atoms with Crippen LogP contribution in [0.15, 0.2) is 36.1 Å². The van der Waals surface area contributed by atoms with E-state index in [4.69, 9.17) is 9.47 Å². The minimum Gasteiger partial charge on any atom is -0.452 e. The van der Waals surface area contributed by atoms with Crippen LogP contribution in [0, 0.1) is 28.6 Å². The maximum absolute atomic E-state index is 13.0. The molecule has 0 radical (unpaired) electrons. The van der Waals surface area contributed by atoms with Crippen molar-refractivity contribution in [3.8, 4) is 0 Å². The van der Waals surface area contributed by atoms with Crippen LogP contribution in [-0.2, 0) is 19.1 Å². The van der Waals surface area contributed by atoms with Crippen molar-refractivity contribution in [2.75, 3.05) is 0 Å². The van der Waals surface area contributed by atoms with Crippen molar-refractivity contribution in [3.63, 3.8) is 0 Å². The van der Waals surface area contributed by atoms with Crippen LogP contribution < -0.4 is 0 Å². The largest absolute Gasteiger partial charge is 0.452 e. The summed E-state index contributed by atoms with van der Waals surface area (Å²) in [6, 6.07) is 0. The number of allylic oxidation sites excluding steroid dienone is 2. The average molecular weight is 328 g/mol. The molecule has 0 aromatic heterocycles. The summed E-state index contributed by atoms with van der Waals surface area (Å²) >= 11 is 0. The van der Waals surface area contributed by atoms with Gasteiger partial charge in [0.1, 0.15) is 11.7 Å². The summed E-state index contributed by atoms with van der Waals surface area (Å²) in [5, 5.41) is 0. The number of ether oxygens (including phenoxy) is 2. The Bertz CT molecular complexity index is 728. The molecule has 5 rings (SSSR count). The highest BCUT2D eigenvalue weighted by Crippen LogP contribution is 2.67. The number of carbonyl (C=O) groups excluding carboxylic acids is 2. The van der Waals surface area contributed by atoms with Gasteiger partial charge in [-0.25, -0.2) is 0 Å². The van der Waals surface area contributed by atoms with E-state index in [0.29, 0.717) is 5.76 Å². The molecule has 5 aliphatic rings. The number of fused-ring (bicyclic) bond motifs is 1. The Kier molecular flexibility index (Phi) is 2.88. The van der Waals surface area contributed by atoms with Crippen LogP contribution in [0.25, 0.3) is 0 Å². The Hall–Kier alpha value is -1.84. The Balaban J connectivity index is 2.05. The van der Waals surface area contributed by atoms with E-state index in [1.54, 1.807) is 6.92 Å². The highest BCUT2D eigenvalue weighted by molar-refractivity contribution is 5.86. The number of hydrogen-bond acceptors (Lipinski definition) is 4. The molecule has 0 N–H and O–H groups in total. The zero-order chi connectivity index (χ0) is 17.5. The van der Waals surface area contributed by atoms with Gasteiger partial charge in [-0.15, -0.1) is 6.58 Å². The third-order valence-corrected chi connectivity index (χ3v) is 6.92. The van der Waals surface area contributed by atoms with Crippen LogP contribution >= 0.6 is 0 Å². The van der Waals surface area contributed by atoms with E-state index in [1.807, 2.05) is 25.2 Å². The predicted octanol–water partition coefficient (Wildman–Crippen LogP) is 3.54. The van der Waals surface area contributed by atoms with Gasteiger partial charge < -0.3 is 9.47 Å². The highest BCUT2D eigenvalue weighted by atomic mass is 16.6. The number of rotatable bonds is 1. The van der Waals surface area contributed by atoms with Crippen molar-refractivity contribution < 1.29 is 19.1 Å². The molecule has 128 valence electrons. The predicted molar refractivity (Wildman–Crippen MR) is 88.5 cm³/mol. The van der Waals surface area contributed by atoms with Gasteiger partial charge in [0.25, 0.3) is 0 Å². The molecule has 3 aliphatic heterocycles. The minimum atomic E-state index is -0.939. The lowest BCUT2D eigenvalue weighted by Gasteiger charge is -2.64.